The quantitative estimate of drug-likeness (QED) is 0.798. The van der Waals surface area contributed by atoms with Gasteiger partial charge in [0.25, 0.3) is 0 Å². The molecule has 2 nitrogen and oxygen atoms in total. The van der Waals surface area contributed by atoms with Gasteiger partial charge >= 0.3 is 0 Å². The number of carbonyl (C=O) groups excluding carboxylic acids is 1. The highest BCUT2D eigenvalue weighted by Crippen LogP contribution is 2.34. The summed E-state index contributed by atoms with van der Waals surface area (Å²) in [6, 6.07) is 6.07. The van der Waals surface area contributed by atoms with Crippen molar-refractivity contribution in [2.24, 2.45) is 0 Å². The van der Waals surface area contributed by atoms with Crippen LogP contribution in [0.2, 0.25) is 0 Å². The molecule has 2 rings (SSSR count). The highest BCUT2D eigenvalue weighted by atomic mass is 19.1. The molecule has 0 radical (unpaired) electrons. The number of alkyl halides is 1. The summed E-state index contributed by atoms with van der Waals surface area (Å²) >= 11 is 0. The molecule has 1 aliphatic heterocycles. The summed E-state index contributed by atoms with van der Waals surface area (Å²) in [7, 11) is 0. The van der Waals surface area contributed by atoms with Gasteiger partial charge < -0.3 is 4.90 Å². The second-order valence-corrected chi connectivity index (χ2v) is 6.97. The first kappa shape index (κ1) is 14.0. The van der Waals surface area contributed by atoms with Crippen molar-refractivity contribution in [3.8, 4) is 0 Å². The van der Waals surface area contributed by atoms with E-state index in [4.69, 9.17) is 0 Å². The Morgan fingerprint density at radius 3 is 2.37 bits per heavy atom. The van der Waals surface area contributed by atoms with E-state index in [-0.39, 0.29) is 17.9 Å². The van der Waals surface area contributed by atoms with Gasteiger partial charge in [-0.05, 0) is 36.5 Å². The van der Waals surface area contributed by atoms with Crippen LogP contribution in [0.25, 0.3) is 0 Å². The monoisotopic (exact) mass is 263 g/mol. The van der Waals surface area contributed by atoms with E-state index in [2.05, 4.69) is 26.8 Å². The summed E-state index contributed by atoms with van der Waals surface area (Å²) in [4.78, 5) is 13.6. The molecule has 0 fully saturated rings. The largest absolute Gasteiger partial charge is 0.309 e. The van der Waals surface area contributed by atoms with Crippen LogP contribution in [0.15, 0.2) is 18.2 Å². The molecule has 104 valence electrons. The molecule has 1 aliphatic rings. The number of halogens is 1. The fourth-order valence-electron chi connectivity index (χ4n) is 2.40. The zero-order valence-corrected chi connectivity index (χ0v) is 12.4. The minimum Gasteiger partial charge on any atom is -0.309 e. The number of amides is 1. The average Bonchev–Trinajstić information content (AvgIpc) is 2.51. The van der Waals surface area contributed by atoms with Gasteiger partial charge in [0.15, 0.2) is 0 Å². The van der Waals surface area contributed by atoms with Gasteiger partial charge in [-0.25, -0.2) is 4.39 Å². The Morgan fingerprint density at radius 1 is 1.21 bits per heavy atom. The number of rotatable bonds is 2. The third kappa shape index (κ3) is 2.96. The molecule has 0 saturated carbocycles. The Balaban J connectivity index is 2.36. The van der Waals surface area contributed by atoms with Crippen LogP contribution < -0.4 is 4.90 Å². The minimum absolute atomic E-state index is 0.00761. The van der Waals surface area contributed by atoms with Gasteiger partial charge in [-0.1, -0.05) is 32.9 Å². The van der Waals surface area contributed by atoms with Crippen molar-refractivity contribution in [2.75, 3.05) is 11.4 Å². The zero-order valence-electron chi connectivity index (χ0n) is 12.4. The van der Waals surface area contributed by atoms with Crippen LogP contribution in [0.1, 0.15) is 45.7 Å². The summed E-state index contributed by atoms with van der Waals surface area (Å²) in [5, 5.41) is 0. The Hall–Kier alpha value is -1.38. The molecule has 0 spiro atoms. The molecule has 19 heavy (non-hydrogen) atoms. The summed E-state index contributed by atoms with van der Waals surface area (Å²) in [6.07, 6.45) is 0.384. The van der Waals surface area contributed by atoms with Crippen LogP contribution in [0, 0.1) is 0 Å². The van der Waals surface area contributed by atoms with Gasteiger partial charge in [-0.3, -0.25) is 4.79 Å². The predicted octanol–water partition coefficient (Wildman–Crippen LogP) is 3.62. The standard InChI is InChI=1S/C16H22FNO/c1-15(2,3)12-6-7-13-11(8-12)9-14(19)18(13)10-16(4,5)17/h6-8H,9-10H2,1-5H3. The summed E-state index contributed by atoms with van der Waals surface area (Å²) in [5.74, 6) is -0.00761. The second kappa shape index (κ2) is 4.32. The molecule has 0 saturated heterocycles. The van der Waals surface area contributed by atoms with E-state index in [9.17, 15) is 9.18 Å². The maximum absolute atomic E-state index is 13.8. The first-order valence-electron chi connectivity index (χ1n) is 6.71. The molecule has 0 atom stereocenters. The van der Waals surface area contributed by atoms with Crippen molar-refractivity contribution in [1.82, 2.24) is 0 Å². The van der Waals surface area contributed by atoms with E-state index < -0.39 is 5.67 Å². The zero-order chi connectivity index (χ0) is 14.4. The highest BCUT2D eigenvalue weighted by molar-refractivity contribution is 6.01. The number of carbonyl (C=O) groups is 1. The van der Waals surface area contributed by atoms with Gasteiger partial charge in [0.05, 0.1) is 13.0 Å². The van der Waals surface area contributed by atoms with Crippen molar-refractivity contribution in [3.63, 3.8) is 0 Å². The molecule has 1 heterocycles. The Morgan fingerprint density at radius 2 is 1.84 bits per heavy atom. The SMILES string of the molecule is CC(C)(F)CN1C(=O)Cc2cc(C(C)(C)C)ccc21. The molecule has 0 aliphatic carbocycles. The maximum Gasteiger partial charge on any atom is 0.231 e. The van der Waals surface area contributed by atoms with Gasteiger partial charge in [0.2, 0.25) is 5.91 Å². The third-order valence-corrected chi connectivity index (χ3v) is 3.41. The van der Waals surface area contributed by atoms with E-state index in [0.717, 1.165) is 11.3 Å². The molecular weight excluding hydrogens is 241 g/mol. The number of fused-ring (bicyclic) bond motifs is 1. The van der Waals surface area contributed by atoms with Gasteiger partial charge in [0.1, 0.15) is 5.67 Å². The van der Waals surface area contributed by atoms with Crippen LogP contribution >= 0.6 is 0 Å². The molecular formula is C16H22FNO. The molecule has 0 unspecified atom stereocenters. The van der Waals surface area contributed by atoms with Crippen molar-refractivity contribution in [1.29, 1.82) is 0 Å². The number of nitrogens with zero attached hydrogens (tertiary/aromatic N) is 1. The highest BCUT2D eigenvalue weighted by Gasteiger charge is 2.32. The Bertz CT molecular complexity index is 508. The van der Waals surface area contributed by atoms with Crippen LogP contribution in [0.3, 0.4) is 0 Å². The molecule has 3 heteroatoms. The van der Waals surface area contributed by atoms with Crippen molar-refractivity contribution in [2.45, 2.75) is 52.1 Å². The van der Waals surface area contributed by atoms with Gasteiger partial charge in [-0.15, -0.1) is 0 Å². The van der Waals surface area contributed by atoms with E-state index in [1.165, 1.54) is 19.4 Å². The summed E-state index contributed by atoms with van der Waals surface area (Å²) in [5.41, 5.74) is 1.77. The van der Waals surface area contributed by atoms with Crippen LogP contribution in [0.4, 0.5) is 10.1 Å². The van der Waals surface area contributed by atoms with Crippen LogP contribution in [-0.2, 0) is 16.6 Å². The predicted molar refractivity (Wildman–Crippen MR) is 76.4 cm³/mol. The number of anilines is 1. The lowest BCUT2D eigenvalue weighted by molar-refractivity contribution is -0.117. The normalized spacial score (nSPS) is 15.9. The van der Waals surface area contributed by atoms with Gasteiger partial charge in [0, 0.05) is 5.69 Å². The molecule has 0 aromatic heterocycles. The van der Waals surface area contributed by atoms with Crippen molar-refractivity contribution < 1.29 is 9.18 Å². The lowest BCUT2D eigenvalue weighted by Gasteiger charge is -2.25. The fraction of sp³-hybridized carbons (Fsp3) is 0.562. The average molecular weight is 263 g/mol. The topological polar surface area (TPSA) is 20.3 Å². The third-order valence-electron chi connectivity index (χ3n) is 3.41. The first-order valence-corrected chi connectivity index (χ1v) is 6.71. The lowest BCUT2D eigenvalue weighted by atomic mass is 9.86. The van der Waals surface area contributed by atoms with Gasteiger partial charge in [-0.2, -0.15) is 0 Å². The molecule has 1 amide bonds. The van der Waals surface area contributed by atoms with Crippen molar-refractivity contribution in [3.05, 3.63) is 29.3 Å². The lowest BCUT2D eigenvalue weighted by Crippen LogP contribution is -2.37. The van der Waals surface area contributed by atoms with E-state index in [0.29, 0.717) is 6.42 Å². The smallest absolute Gasteiger partial charge is 0.231 e. The first-order chi connectivity index (χ1) is 8.58. The Kier molecular flexibility index (Phi) is 3.20. The van der Waals surface area contributed by atoms with E-state index >= 15 is 0 Å². The molecule has 1 aromatic rings. The minimum atomic E-state index is -1.38. The van der Waals surface area contributed by atoms with Crippen LogP contribution in [0.5, 0.6) is 0 Å². The molecule has 0 N–H and O–H groups in total. The summed E-state index contributed by atoms with van der Waals surface area (Å²) < 4.78 is 13.8. The second-order valence-electron chi connectivity index (χ2n) is 6.97. The maximum atomic E-state index is 13.8. The van der Waals surface area contributed by atoms with E-state index in [1.807, 2.05) is 12.1 Å². The molecule has 0 bridgehead atoms. The number of hydrogen-bond donors (Lipinski definition) is 0. The fourth-order valence-corrected chi connectivity index (χ4v) is 2.40. The summed E-state index contributed by atoms with van der Waals surface area (Å²) in [6.45, 7) is 9.56. The Labute approximate surface area is 114 Å². The number of hydrogen-bond acceptors (Lipinski definition) is 1. The molecule has 1 aromatic carbocycles. The van der Waals surface area contributed by atoms with E-state index in [1.54, 1.807) is 4.90 Å². The van der Waals surface area contributed by atoms with Crippen LogP contribution in [-0.4, -0.2) is 18.1 Å². The van der Waals surface area contributed by atoms with Crippen molar-refractivity contribution >= 4 is 11.6 Å². The number of benzene rings is 1.